The summed E-state index contributed by atoms with van der Waals surface area (Å²) in [5, 5.41) is 0. The zero-order chi connectivity index (χ0) is 15.5. The van der Waals surface area contributed by atoms with Gasteiger partial charge >= 0.3 is 0 Å². The molecule has 0 radical (unpaired) electrons. The first-order valence-corrected chi connectivity index (χ1v) is 9.70. The van der Waals surface area contributed by atoms with Gasteiger partial charge in [0, 0.05) is 17.6 Å². The Morgan fingerprint density at radius 2 is 2.05 bits per heavy atom. The average Bonchev–Trinajstić information content (AvgIpc) is 2.47. The third-order valence-electron chi connectivity index (χ3n) is 4.35. The van der Waals surface area contributed by atoms with Crippen molar-refractivity contribution in [1.29, 1.82) is 0 Å². The van der Waals surface area contributed by atoms with Crippen molar-refractivity contribution in [2.75, 3.05) is 6.54 Å². The quantitative estimate of drug-likeness (QED) is 0.831. The van der Waals surface area contributed by atoms with Crippen LogP contribution in [0.3, 0.4) is 0 Å². The van der Waals surface area contributed by atoms with Gasteiger partial charge in [0.05, 0.1) is 4.90 Å². The Balaban J connectivity index is 2.11. The third-order valence-corrected chi connectivity index (χ3v) is 6.76. The van der Waals surface area contributed by atoms with E-state index in [0.717, 1.165) is 12.0 Å². The molecule has 1 aliphatic rings. The Labute approximate surface area is 135 Å². The van der Waals surface area contributed by atoms with Gasteiger partial charge in [0.25, 0.3) is 0 Å². The topological polar surface area (TPSA) is 72.2 Å². The van der Waals surface area contributed by atoms with Crippen LogP contribution in [0, 0.1) is 11.8 Å². The minimum absolute atomic E-state index is 0.272. The second-order valence-electron chi connectivity index (χ2n) is 5.84. The van der Waals surface area contributed by atoms with Crippen molar-refractivity contribution in [3.8, 4) is 0 Å². The molecule has 0 aliphatic heterocycles. The number of hydrogen-bond donors (Lipinski definition) is 2. The smallest absolute Gasteiger partial charge is 0.241 e. The molecule has 0 spiro atoms. The van der Waals surface area contributed by atoms with Crippen LogP contribution < -0.4 is 10.5 Å². The van der Waals surface area contributed by atoms with Crippen molar-refractivity contribution in [2.45, 2.75) is 44.0 Å². The minimum Gasteiger partial charge on any atom is -0.326 e. The molecular weight excluding hydrogens is 352 g/mol. The second kappa shape index (κ2) is 7.22. The molecule has 1 fully saturated rings. The van der Waals surface area contributed by atoms with E-state index in [9.17, 15) is 8.42 Å². The summed E-state index contributed by atoms with van der Waals surface area (Å²) < 4.78 is 28.3. The molecule has 2 unspecified atom stereocenters. The molecule has 0 aromatic heterocycles. The van der Waals surface area contributed by atoms with Gasteiger partial charge in [-0.3, -0.25) is 0 Å². The molecule has 3 N–H and O–H groups in total. The van der Waals surface area contributed by atoms with Crippen LogP contribution >= 0.6 is 15.9 Å². The second-order valence-corrected chi connectivity index (χ2v) is 8.43. The molecule has 1 aromatic rings. The molecule has 1 aliphatic carbocycles. The molecule has 0 amide bonds. The van der Waals surface area contributed by atoms with Gasteiger partial charge in [0.1, 0.15) is 0 Å². The van der Waals surface area contributed by atoms with Crippen molar-refractivity contribution in [1.82, 2.24) is 4.72 Å². The van der Waals surface area contributed by atoms with E-state index in [1.54, 1.807) is 12.1 Å². The maximum absolute atomic E-state index is 12.5. The Morgan fingerprint density at radius 3 is 2.71 bits per heavy atom. The number of halogens is 1. The first kappa shape index (κ1) is 16.9. The zero-order valence-electron chi connectivity index (χ0n) is 12.3. The highest BCUT2D eigenvalue weighted by Gasteiger charge is 2.24. The summed E-state index contributed by atoms with van der Waals surface area (Å²) in [5.74, 6) is 1.02. The van der Waals surface area contributed by atoms with E-state index in [2.05, 4.69) is 27.6 Å². The maximum Gasteiger partial charge on any atom is 0.241 e. The van der Waals surface area contributed by atoms with Crippen LogP contribution in [0.4, 0.5) is 0 Å². The summed E-state index contributed by atoms with van der Waals surface area (Å²) >= 11 is 3.31. The predicted octanol–water partition coefficient (Wildman–Crippen LogP) is 3.01. The van der Waals surface area contributed by atoms with Crippen LogP contribution in [0.5, 0.6) is 0 Å². The summed E-state index contributed by atoms with van der Waals surface area (Å²) in [4.78, 5) is 0.272. The number of nitrogens with one attached hydrogen (secondary N) is 1. The zero-order valence-corrected chi connectivity index (χ0v) is 14.7. The summed E-state index contributed by atoms with van der Waals surface area (Å²) in [5.41, 5.74) is 6.40. The lowest BCUT2D eigenvalue weighted by atomic mass is 9.81. The first-order valence-electron chi connectivity index (χ1n) is 7.42. The Morgan fingerprint density at radius 1 is 1.33 bits per heavy atom. The SMILES string of the molecule is CC1CCCCC1CNS(=O)(=O)c1cc(CN)ccc1Br. The van der Waals surface area contributed by atoms with E-state index in [0.29, 0.717) is 29.4 Å². The van der Waals surface area contributed by atoms with Gasteiger partial charge in [0.2, 0.25) is 10.0 Å². The summed E-state index contributed by atoms with van der Waals surface area (Å²) in [7, 11) is -3.50. The molecule has 0 heterocycles. The van der Waals surface area contributed by atoms with Gasteiger partial charge in [-0.15, -0.1) is 0 Å². The van der Waals surface area contributed by atoms with Crippen molar-refractivity contribution in [2.24, 2.45) is 17.6 Å². The van der Waals surface area contributed by atoms with Crippen LogP contribution in [0.25, 0.3) is 0 Å². The van der Waals surface area contributed by atoms with Gasteiger partial charge in [-0.05, 0) is 51.9 Å². The number of sulfonamides is 1. The fraction of sp³-hybridized carbons (Fsp3) is 0.600. The van der Waals surface area contributed by atoms with Crippen LogP contribution in [0.15, 0.2) is 27.6 Å². The molecule has 2 atom stereocenters. The lowest BCUT2D eigenvalue weighted by molar-refractivity contribution is 0.257. The predicted molar refractivity (Wildman–Crippen MR) is 88.3 cm³/mol. The van der Waals surface area contributed by atoms with E-state index in [1.807, 2.05) is 6.07 Å². The number of hydrogen-bond acceptors (Lipinski definition) is 3. The normalized spacial score (nSPS) is 23.2. The summed E-state index contributed by atoms with van der Waals surface area (Å²) in [6.45, 7) is 3.06. The average molecular weight is 375 g/mol. The van der Waals surface area contributed by atoms with Crippen molar-refractivity contribution >= 4 is 26.0 Å². The molecular formula is C15H23BrN2O2S. The number of benzene rings is 1. The lowest BCUT2D eigenvalue weighted by Gasteiger charge is -2.28. The minimum atomic E-state index is -3.50. The largest absolute Gasteiger partial charge is 0.326 e. The van der Waals surface area contributed by atoms with Crippen molar-refractivity contribution in [3.63, 3.8) is 0 Å². The van der Waals surface area contributed by atoms with Gasteiger partial charge in [-0.25, -0.2) is 13.1 Å². The summed E-state index contributed by atoms with van der Waals surface area (Å²) in [6, 6.07) is 5.20. The molecule has 1 aromatic carbocycles. The molecule has 118 valence electrons. The van der Waals surface area contributed by atoms with Crippen molar-refractivity contribution < 1.29 is 8.42 Å². The fourth-order valence-corrected chi connectivity index (χ4v) is 4.98. The molecule has 6 heteroatoms. The van der Waals surface area contributed by atoms with Gasteiger partial charge in [0.15, 0.2) is 0 Å². The van der Waals surface area contributed by atoms with Crippen LogP contribution in [-0.4, -0.2) is 15.0 Å². The molecule has 0 bridgehead atoms. The van der Waals surface area contributed by atoms with Gasteiger partial charge in [-0.1, -0.05) is 32.3 Å². The standard InChI is InChI=1S/C15H23BrN2O2S/c1-11-4-2-3-5-13(11)10-18-21(19,20)15-8-12(9-17)6-7-14(15)16/h6-8,11,13,18H,2-5,9-10,17H2,1H3. The van der Waals surface area contributed by atoms with Crippen LogP contribution in [0.1, 0.15) is 38.2 Å². The molecule has 2 rings (SSSR count). The highest BCUT2D eigenvalue weighted by molar-refractivity contribution is 9.10. The maximum atomic E-state index is 12.5. The highest BCUT2D eigenvalue weighted by Crippen LogP contribution is 2.30. The van der Waals surface area contributed by atoms with E-state index in [-0.39, 0.29) is 4.90 Å². The van der Waals surface area contributed by atoms with Crippen LogP contribution in [0.2, 0.25) is 0 Å². The van der Waals surface area contributed by atoms with Gasteiger partial charge in [-0.2, -0.15) is 0 Å². The van der Waals surface area contributed by atoms with E-state index >= 15 is 0 Å². The third kappa shape index (κ3) is 4.28. The lowest BCUT2D eigenvalue weighted by Crippen LogP contribution is -2.33. The van der Waals surface area contributed by atoms with E-state index in [4.69, 9.17) is 5.73 Å². The molecule has 0 saturated heterocycles. The fourth-order valence-electron chi connectivity index (χ4n) is 2.87. The molecule has 21 heavy (non-hydrogen) atoms. The Hall–Kier alpha value is -0.430. The Bertz CT molecular complexity index is 589. The first-order chi connectivity index (χ1) is 9.94. The molecule has 4 nitrogen and oxygen atoms in total. The van der Waals surface area contributed by atoms with Crippen LogP contribution in [-0.2, 0) is 16.6 Å². The monoisotopic (exact) mass is 374 g/mol. The van der Waals surface area contributed by atoms with E-state index < -0.39 is 10.0 Å². The number of nitrogens with two attached hydrogens (primary N) is 1. The Kier molecular flexibility index (Phi) is 5.82. The highest BCUT2D eigenvalue weighted by atomic mass is 79.9. The van der Waals surface area contributed by atoms with Crippen molar-refractivity contribution in [3.05, 3.63) is 28.2 Å². The summed E-state index contributed by atoms with van der Waals surface area (Å²) in [6.07, 6.45) is 4.75. The number of rotatable bonds is 5. The molecule has 1 saturated carbocycles. The van der Waals surface area contributed by atoms with E-state index in [1.165, 1.54) is 19.3 Å². The van der Waals surface area contributed by atoms with Gasteiger partial charge < -0.3 is 5.73 Å².